The van der Waals surface area contributed by atoms with E-state index in [0.717, 1.165) is 0 Å². The van der Waals surface area contributed by atoms with Crippen LogP contribution >= 0.6 is 12.6 Å². The van der Waals surface area contributed by atoms with E-state index in [4.69, 9.17) is 4.52 Å². The van der Waals surface area contributed by atoms with Crippen molar-refractivity contribution in [3.8, 4) is 0 Å². The van der Waals surface area contributed by atoms with Crippen molar-refractivity contribution in [2.75, 3.05) is 6.54 Å². The monoisotopic (exact) mass is 215 g/mol. The molecule has 1 aromatic heterocycles. The quantitative estimate of drug-likeness (QED) is 0.711. The minimum absolute atomic E-state index is 0.0930. The first-order valence-corrected chi connectivity index (χ1v) is 4.86. The van der Waals surface area contributed by atoms with Gasteiger partial charge in [-0.05, 0) is 13.8 Å². The molecule has 0 aromatic carbocycles. The lowest BCUT2D eigenvalue weighted by atomic mass is 10.4. The molecule has 1 heterocycles. The molecule has 0 bridgehead atoms. The summed E-state index contributed by atoms with van der Waals surface area (Å²) < 4.78 is 4.88. The highest BCUT2D eigenvalue weighted by atomic mass is 32.1. The van der Waals surface area contributed by atoms with Crippen molar-refractivity contribution in [2.24, 2.45) is 0 Å². The topological polar surface area (TPSA) is 68.0 Å². The van der Waals surface area contributed by atoms with E-state index >= 15 is 0 Å². The number of aromatic nitrogens is 2. The van der Waals surface area contributed by atoms with Crippen LogP contribution in [-0.4, -0.2) is 27.8 Å². The average molecular weight is 215 g/mol. The van der Waals surface area contributed by atoms with E-state index in [9.17, 15) is 4.79 Å². The highest BCUT2D eigenvalue weighted by Crippen LogP contribution is 1.96. The first kappa shape index (κ1) is 11.0. The lowest BCUT2D eigenvalue weighted by Crippen LogP contribution is -2.31. The van der Waals surface area contributed by atoms with Crippen LogP contribution in [0.2, 0.25) is 0 Å². The number of nitrogens with zero attached hydrogens (tertiary/aromatic N) is 2. The van der Waals surface area contributed by atoms with Gasteiger partial charge in [-0.25, -0.2) is 0 Å². The van der Waals surface area contributed by atoms with Gasteiger partial charge in [0.2, 0.25) is 11.8 Å². The minimum Gasteiger partial charge on any atom is -0.355 e. The molecular formula is C8H13N3O2S. The summed E-state index contributed by atoms with van der Waals surface area (Å²) in [6, 6.07) is 0. The molecule has 1 N–H and O–H groups in total. The number of carbonyl (C=O) groups excluding carboxylic acids is 1. The standard InChI is InChI=1S/C8H13N3O2S/c1-5(14)8(12)9-4-3-7-10-6(2)11-13-7/h5,14H,3-4H2,1-2H3,(H,9,12). The number of aryl methyl sites for hydroxylation is 1. The Balaban J connectivity index is 2.25. The van der Waals surface area contributed by atoms with Gasteiger partial charge in [0.05, 0.1) is 5.25 Å². The van der Waals surface area contributed by atoms with E-state index in [2.05, 4.69) is 28.1 Å². The van der Waals surface area contributed by atoms with E-state index in [-0.39, 0.29) is 11.2 Å². The Morgan fingerprint density at radius 2 is 2.43 bits per heavy atom. The lowest BCUT2D eigenvalue weighted by Gasteiger charge is -2.04. The molecule has 0 spiro atoms. The largest absolute Gasteiger partial charge is 0.355 e. The Morgan fingerprint density at radius 1 is 1.71 bits per heavy atom. The van der Waals surface area contributed by atoms with Crippen molar-refractivity contribution in [2.45, 2.75) is 25.5 Å². The van der Waals surface area contributed by atoms with Gasteiger partial charge in [-0.1, -0.05) is 5.16 Å². The van der Waals surface area contributed by atoms with Crippen LogP contribution in [0.5, 0.6) is 0 Å². The van der Waals surface area contributed by atoms with Crippen molar-refractivity contribution in [1.82, 2.24) is 15.5 Å². The van der Waals surface area contributed by atoms with Crippen LogP contribution in [0.4, 0.5) is 0 Å². The number of hydrogen-bond donors (Lipinski definition) is 2. The molecule has 6 heteroatoms. The smallest absolute Gasteiger partial charge is 0.232 e. The van der Waals surface area contributed by atoms with Crippen LogP contribution in [0.1, 0.15) is 18.6 Å². The molecule has 1 aromatic rings. The normalized spacial score (nSPS) is 12.5. The molecule has 0 saturated heterocycles. The zero-order chi connectivity index (χ0) is 10.6. The summed E-state index contributed by atoms with van der Waals surface area (Å²) in [5.74, 6) is 1.05. The van der Waals surface area contributed by atoms with E-state index in [1.165, 1.54) is 0 Å². The fourth-order valence-corrected chi connectivity index (χ4v) is 0.973. The lowest BCUT2D eigenvalue weighted by molar-refractivity contribution is -0.120. The third-order valence-corrected chi connectivity index (χ3v) is 1.82. The second kappa shape index (κ2) is 4.99. The summed E-state index contributed by atoms with van der Waals surface area (Å²) in [5.41, 5.74) is 0. The van der Waals surface area contributed by atoms with Crippen LogP contribution in [0.25, 0.3) is 0 Å². The van der Waals surface area contributed by atoms with Crippen molar-refractivity contribution in [3.05, 3.63) is 11.7 Å². The van der Waals surface area contributed by atoms with Crippen molar-refractivity contribution in [3.63, 3.8) is 0 Å². The maximum atomic E-state index is 11.1. The van der Waals surface area contributed by atoms with Gasteiger partial charge in [0.15, 0.2) is 5.82 Å². The molecule has 78 valence electrons. The molecular weight excluding hydrogens is 202 g/mol. The summed E-state index contributed by atoms with van der Waals surface area (Å²) >= 11 is 3.99. The number of nitrogens with one attached hydrogen (secondary N) is 1. The molecule has 0 aliphatic rings. The van der Waals surface area contributed by atoms with Gasteiger partial charge in [0.1, 0.15) is 0 Å². The SMILES string of the molecule is Cc1noc(CCNC(=O)C(C)S)n1. The van der Waals surface area contributed by atoms with Crippen LogP contribution in [0, 0.1) is 6.92 Å². The third kappa shape index (κ3) is 3.37. The first-order chi connectivity index (χ1) is 6.59. The molecule has 0 aliphatic carbocycles. The fourth-order valence-electron chi connectivity index (χ4n) is 0.882. The number of carbonyl (C=O) groups is 1. The van der Waals surface area contributed by atoms with Gasteiger partial charge in [-0.3, -0.25) is 4.79 Å². The highest BCUT2D eigenvalue weighted by Gasteiger charge is 2.07. The van der Waals surface area contributed by atoms with Gasteiger partial charge in [0, 0.05) is 13.0 Å². The Morgan fingerprint density at radius 3 is 2.93 bits per heavy atom. The van der Waals surface area contributed by atoms with Gasteiger partial charge in [-0.15, -0.1) is 0 Å². The van der Waals surface area contributed by atoms with Gasteiger partial charge in [-0.2, -0.15) is 17.6 Å². The molecule has 14 heavy (non-hydrogen) atoms. The highest BCUT2D eigenvalue weighted by molar-refractivity contribution is 7.81. The number of amides is 1. The summed E-state index contributed by atoms with van der Waals surface area (Å²) in [7, 11) is 0. The maximum absolute atomic E-state index is 11.1. The molecule has 1 amide bonds. The molecule has 0 aliphatic heterocycles. The summed E-state index contributed by atoms with van der Waals surface area (Å²) in [4.78, 5) is 15.1. The van der Waals surface area contributed by atoms with Crippen molar-refractivity contribution >= 4 is 18.5 Å². The Bertz CT molecular complexity index is 311. The predicted molar refractivity (Wildman–Crippen MR) is 54.2 cm³/mol. The molecule has 0 fully saturated rings. The maximum Gasteiger partial charge on any atom is 0.232 e. The molecule has 1 atom stereocenters. The molecule has 1 unspecified atom stereocenters. The van der Waals surface area contributed by atoms with E-state index < -0.39 is 0 Å². The minimum atomic E-state index is -0.292. The summed E-state index contributed by atoms with van der Waals surface area (Å²) in [6.07, 6.45) is 0.549. The van der Waals surface area contributed by atoms with Gasteiger partial charge >= 0.3 is 0 Å². The summed E-state index contributed by atoms with van der Waals surface area (Å²) in [6.45, 7) is 3.96. The average Bonchev–Trinajstić information content (AvgIpc) is 2.51. The van der Waals surface area contributed by atoms with Gasteiger partial charge in [0.25, 0.3) is 0 Å². The van der Waals surface area contributed by atoms with Gasteiger partial charge < -0.3 is 9.84 Å². The zero-order valence-corrected chi connectivity index (χ0v) is 9.04. The number of hydrogen-bond acceptors (Lipinski definition) is 5. The number of rotatable bonds is 4. The van der Waals surface area contributed by atoms with E-state index in [1.807, 2.05) is 0 Å². The second-order valence-corrected chi connectivity index (χ2v) is 3.73. The molecule has 1 rings (SSSR count). The van der Waals surface area contributed by atoms with E-state index in [1.54, 1.807) is 13.8 Å². The Hall–Kier alpha value is -1.04. The number of thiol groups is 1. The second-order valence-electron chi connectivity index (χ2n) is 2.95. The summed E-state index contributed by atoms with van der Waals surface area (Å²) in [5, 5.41) is 6.04. The molecule has 0 saturated carbocycles. The Kier molecular flexibility index (Phi) is 3.94. The van der Waals surface area contributed by atoms with E-state index in [0.29, 0.717) is 24.7 Å². The van der Waals surface area contributed by atoms with Crippen LogP contribution in [0.3, 0.4) is 0 Å². The fraction of sp³-hybridized carbons (Fsp3) is 0.625. The molecule has 5 nitrogen and oxygen atoms in total. The third-order valence-electron chi connectivity index (χ3n) is 1.59. The van der Waals surface area contributed by atoms with Crippen molar-refractivity contribution in [1.29, 1.82) is 0 Å². The van der Waals surface area contributed by atoms with Crippen LogP contribution in [-0.2, 0) is 11.2 Å². The Labute approximate surface area is 87.7 Å². The van der Waals surface area contributed by atoms with Crippen LogP contribution < -0.4 is 5.32 Å². The first-order valence-electron chi connectivity index (χ1n) is 4.34. The predicted octanol–water partition coefficient (Wildman–Crippen LogP) is 0.355. The van der Waals surface area contributed by atoms with Crippen molar-refractivity contribution < 1.29 is 9.32 Å². The van der Waals surface area contributed by atoms with Crippen LogP contribution in [0.15, 0.2) is 4.52 Å². The molecule has 0 radical (unpaired) electrons. The zero-order valence-electron chi connectivity index (χ0n) is 8.15.